The van der Waals surface area contributed by atoms with Gasteiger partial charge in [-0.15, -0.1) is 6.42 Å². The lowest BCUT2D eigenvalue weighted by molar-refractivity contribution is -0.119. The van der Waals surface area contributed by atoms with Gasteiger partial charge in [0.15, 0.2) is 0 Å². The van der Waals surface area contributed by atoms with Gasteiger partial charge in [0.2, 0.25) is 5.91 Å². The highest BCUT2D eigenvalue weighted by atomic mass is 16.1. The molecule has 0 aromatic rings. The Bertz CT molecular complexity index is 176. The van der Waals surface area contributed by atoms with Gasteiger partial charge in [0.1, 0.15) is 0 Å². The topological polar surface area (TPSA) is 29.1 Å². The minimum absolute atomic E-state index is 0.120. The van der Waals surface area contributed by atoms with Crippen molar-refractivity contribution in [2.24, 2.45) is 0 Å². The zero-order valence-electron chi connectivity index (χ0n) is 6.11. The van der Waals surface area contributed by atoms with Crippen LogP contribution in [0.15, 0.2) is 12.2 Å². The number of nitrogens with one attached hydrogen (secondary N) is 1. The molecule has 2 nitrogen and oxygen atoms in total. The number of rotatable bonds is 3. The van der Waals surface area contributed by atoms with Gasteiger partial charge in [0, 0.05) is 6.54 Å². The van der Waals surface area contributed by atoms with Crippen LogP contribution in [0.3, 0.4) is 0 Å². The smallest absolute Gasteiger partial charge is 0.232 e. The molecule has 0 unspecified atom stereocenters. The fourth-order valence-corrected chi connectivity index (χ4v) is 0.405. The molecule has 0 atom stereocenters. The molecule has 0 saturated heterocycles. The Kier molecular flexibility index (Phi) is 4.06. The Morgan fingerprint density at radius 3 is 2.80 bits per heavy atom. The summed E-state index contributed by atoms with van der Waals surface area (Å²) in [5, 5.41) is 2.60. The molecule has 0 saturated carbocycles. The van der Waals surface area contributed by atoms with E-state index in [1.807, 2.05) is 6.92 Å². The molecule has 0 heterocycles. The molecule has 2 heteroatoms. The Labute approximate surface area is 61.3 Å². The highest BCUT2D eigenvalue weighted by Gasteiger charge is 1.94. The molecule has 0 bridgehead atoms. The quantitative estimate of drug-likeness (QED) is 0.450. The van der Waals surface area contributed by atoms with Crippen LogP contribution in [0.1, 0.15) is 13.3 Å². The third-order valence-electron chi connectivity index (χ3n) is 0.850. The Hall–Kier alpha value is -1.23. The molecular weight excluding hydrogens is 126 g/mol. The fourth-order valence-electron chi connectivity index (χ4n) is 0.405. The third kappa shape index (κ3) is 4.92. The van der Waals surface area contributed by atoms with E-state index in [4.69, 9.17) is 6.42 Å². The standard InChI is InChI=1S/C8H11NO/c1-4-5-8(10)9-6-7(2)3/h1H,2,5-6H2,3H3,(H,9,10). The number of hydrogen-bond acceptors (Lipinski definition) is 1. The van der Waals surface area contributed by atoms with Crippen molar-refractivity contribution in [1.82, 2.24) is 5.32 Å². The minimum atomic E-state index is -0.120. The van der Waals surface area contributed by atoms with Gasteiger partial charge in [-0.3, -0.25) is 4.79 Å². The van der Waals surface area contributed by atoms with Crippen molar-refractivity contribution < 1.29 is 4.79 Å². The number of hydrogen-bond donors (Lipinski definition) is 1. The van der Waals surface area contributed by atoms with Crippen LogP contribution in [-0.4, -0.2) is 12.5 Å². The van der Waals surface area contributed by atoms with Gasteiger partial charge in [-0.1, -0.05) is 18.1 Å². The average Bonchev–Trinajstić information content (AvgIpc) is 1.85. The van der Waals surface area contributed by atoms with E-state index in [0.717, 1.165) is 5.57 Å². The maximum atomic E-state index is 10.7. The van der Waals surface area contributed by atoms with Crippen molar-refractivity contribution in [2.45, 2.75) is 13.3 Å². The summed E-state index contributed by atoms with van der Waals surface area (Å²) in [6.45, 7) is 5.98. The van der Waals surface area contributed by atoms with E-state index >= 15 is 0 Å². The highest BCUT2D eigenvalue weighted by molar-refractivity contribution is 5.78. The molecule has 0 rings (SSSR count). The van der Waals surface area contributed by atoms with Crippen molar-refractivity contribution >= 4 is 5.91 Å². The Morgan fingerprint density at radius 2 is 2.40 bits per heavy atom. The summed E-state index contributed by atoms with van der Waals surface area (Å²) in [7, 11) is 0. The molecule has 54 valence electrons. The molecular formula is C8H11NO. The highest BCUT2D eigenvalue weighted by Crippen LogP contribution is 1.82. The summed E-state index contributed by atoms with van der Waals surface area (Å²) in [5.74, 6) is 2.13. The maximum absolute atomic E-state index is 10.7. The predicted octanol–water partition coefficient (Wildman–Crippen LogP) is 0.702. The van der Waals surface area contributed by atoms with Crippen LogP contribution in [0.2, 0.25) is 0 Å². The third-order valence-corrected chi connectivity index (χ3v) is 0.850. The SMILES string of the molecule is C#CCC(=O)NCC(=C)C. The summed E-state index contributed by atoms with van der Waals surface area (Å²) in [4.78, 5) is 10.7. The number of carbonyl (C=O) groups is 1. The van der Waals surface area contributed by atoms with Crippen molar-refractivity contribution in [1.29, 1.82) is 0 Å². The van der Waals surface area contributed by atoms with Crippen LogP contribution in [0.25, 0.3) is 0 Å². The summed E-state index contributed by atoms with van der Waals surface area (Å²) < 4.78 is 0. The van der Waals surface area contributed by atoms with Gasteiger partial charge in [-0.2, -0.15) is 0 Å². The van der Waals surface area contributed by atoms with Gasteiger partial charge < -0.3 is 5.32 Å². The fraction of sp³-hybridized carbons (Fsp3) is 0.375. The van der Waals surface area contributed by atoms with Crippen molar-refractivity contribution in [2.75, 3.05) is 6.54 Å². The van der Waals surface area contributed by atoms with Crippen LogP contribution in [0.4, 0.5) is 0 Å². The summed E-state index contributed by atoms with van der Waals surface area (Å²) in [5.41, 5.74) is 0.922. The summed E-state index contributed by atoms with van der Waals surface area (Å²) in [6, 6.07) is 0. The molecule has 0 fully saturated rings. The van der Waals surface area contributed by atoms with Crippen LogP contribution >= 0.6 is 0 Å². The van der Waals surface area contributed by atoms with Crippen molar-refractivity contribution in [3.8, 4) is 12.3 Å². The van der Waals surface area contributed by atoms with Gasteiger partial charge in [-0.05, 0) is 6.92 Å². The van der Waals surface area contributed by atoms with E-state index in [-0.39, 0.29) is 12.3 Å². The van der Waals surface area contributed by atoms with E-state index in [2.05, 4.69) is 17.8 Å². The van der Waals surface area contributed by atoms with E-state index in [0.29, 0.717) is 6.54 Å². The van der Waals surface area contributed by atoms with E-state index < -0.39 is 0 Å². The second kappa shape index (κ2) is 4.63. The van der Waals surface area contributed by atoms with Crippen molar-refractivity contribution in [3.05, 3.63) is 12.2 Å². The molecule has 0 aromatic carbocycles. The normalized spacial score (nSPS) is 8.00. The largest absolute Gasteiger partial charge is 0.352 e. The first kappa shape index (κ1) is 8.77. The lowest BCUT2D eigenvalue weighted by Gasteiger charge is -1.99. The van der Waals surface area contributed by atoms with E-state index in [9.17, 15) is 4.79 Å². The van der Waals surface area contributed by atoms with Crippen LogP contribution < -0.4 is 5.32 Å². The number of carbonyl (C=O) groups excluding carboxylic acids is 1. The lowest BCUT2D eigenvalue weighted by atomic mass is 10.3. The molecule has 0 aromatic heterocycles. The zero-order chi connectivity index (χ0) is 7.98. The molecule has 1 N–H and O–H groups in total. The minimum Gasteiger partial charge on any atom is -0.352 e. The first-order valence-corrected chi connectivity index (χ1v) is 3.01. The van der Waals surface area contributed by atoms with Crippen LogP contribution in [0, 0.1) is 12.3 Å². The van der Waals surface area contributed by atoms with E-state index in [1.165, 1.54) is 0 Å². The van der Waals surface area contributed by atoms with E-state index in [1.54, 1.807) is 0 Å². The van der Waals surface area contributed by atoms with Crippen molar-refractivity contribution in [3.63, 3.8) is 0 Å². The number of amides is 1. The molecule has 0 spiro atoms. The average molecular weight is 137 g/mol. The van der Waals surface area contributed by atoms with Gasteiger partial charge >= 0.3 is 0 Å². The monoisotopic (exact) mass is 137 g/mol. The number of terminal acetylenes is 1. The van der Waals surface area contributed by atoms with Gasteiger partial charge in [-0.25, -0.2) is 0 Å². The summed E-state index contributed by atoms with van der Waals surface area (Å²) >= 11 is 0. The zero-order valence-corrected chi connectivity index (χ0v) is 6.11. The first-order chi connectivity index (χ1) is 4.66. The van der Waals surface area contributed by atoms with Crippen LogP contribution in [0.5, 0.6) is 0 Å². The van der Waals surface area contributed by atoms with Crippen LogP contribution in [-0.2, 0) is 4.79 Å². The molecule has 0 aliphatic heterocycles. The Morgan fingerprint density at radius 1 is 1.80 bits per heavy atom. The molecule has 1 amide bonds. The molecule has 10 heavy (non-hydrogen) atoms. The molecule has 0 aliphatic rings. The van der Waals surface area contributed by atoms with Gasteiger partial charge in [0.05, 0.1) is 6.42 Å². The summed E-state index contributed by atoms with van der Waals surface area (Å²) in [6.07, 6.45) is 5.05. The second-order valence-electron chi connectivity index (χ2n) is 2.11. The Balaban J connectivity index is 3.42. The van der Waals surface area contributed by atoms with Gasteiger partial charge in [0.25, 0.3) is 0 Å². The molecule has 0 aliphatic carbocycles. The first-order valence-electron chi connectivity index (χ1n) is 3.01. The molecule has 0 radical (unpaired) electrons. The predicted molar refractivity (Wildman–Crippen MR) is 41.3 cm³/mol. The lowest BCUT2D eigenvalue weighted by Crippen LogP contribution is -2.23. The second-order valence-corrected chi connectivity index (χ2v) is 2.11. The maximum Gasteiger partial charge on any atom is 0.232 e.